The van der Waals surface area contributed by atoms with Gasteiger partial charge in [0.15, 0.2) is 6.29 Å². The Hall–Kier alpha value is -1.45. The molecule has 0 radical (unpaired) electrons. The fourth-order valence-corrected chi connectivity index (χ4v) is 3.87. The minimum absolute atomic E-state index is 0.388. The predicted octanol–water partition coefficient (Wildman–Crippen LogP) is 3.45. The van der Waals surface area contributed by atoms with Crippen molar-refractivity contribution in [1.82, 2.24) is 4.90 Å². The lowest BCUT2D eigenvalue weighted by molar-refractivity contribution is 0.112. The van der Waals surface area contributed by atoms with Crippen LogP contribution in [-0.2, 0) is 6.54 Å². The Balaban J connectivity index is 2.04. The molecule has 0 saturated heterocycles. The van der Waals surface area contributed by atoms with Crippen LogP contribution in [0.4, 0.5) is 0 Å². The number of hydrogen-bond donors (Lipinski definition) is 0. The summed E-state index contributed by atoms with van der Waals surface area (Å²) in [7, 11) is 2.14. The van der Waals surface area contributed by atoms with Gasteiger partial charge in [-0.2, -0.15) is 0 Å². The molecule has 0 spiro atoms. The molecule has 0 aliphatic carbocycles. The van der Waals surface area contributed by atoms with Gasteiger partial charge in [-0.1, -0.05) is 29.8 Å². The average molecular weight is 271 g/mol. The van der Waals surface area contributed by atoms with Crippen LogP contribution in [0.1, 0.15) is 37.2 Å². The highest BCUT2D eigenvalue weighted by molar-refractivity contribution is 7.13. The Kier molecular flexibility index (Phi) is 3.25. The Labute approximate surface area is 117 Å². The fourth-order valence-electron chi connectivity index (χ4n) is 2.74. The van der Waals surface area contributed by atoms with Crippen molar-refractivity contribution < 1.29 is 4.79 Å². The molecule has 19 heavy (non-hydrogen) atoms. The molecule has 3 heteroatoms. The molecule has 98 valence electrons. The topological polar surface area (TPSA) is 20.3 Å². The lowest BCUT2D eigenvalue weighted by Crippen LogP contribution is -2.29. The van der Waals surface area contributed by atoms with Crippen molar-refractivity contribution in [3.8, 4) is 0 Å². The molecule has 0 amide bonds. The summed E-state index contributed by atoms with van der Waals surface area (Å²) in [4.78, 5) is 15.5. The van der Waals surface area contributed by atoms with Gasteiger partial charge in [-0.15, -0.1) is 11.3 Å². The molecule has 2 aromatic rings. The minimum atomic E-state index is 0.388. The number of thiophene rings is 1. The van der Waals surface area contributed by atoms with Gasteiger partial charge in [-0.3, -0.25) is 4.79 Å². The fraction of sp³-hybridized carbons (Fsp3) is 0.312. The normalized spacial score (nSPS) is 19.2. The first-order valence-corrected chi connectivity index (χ1v) is 7.32. The van der Waals surface area contributed by atoms with Crippen molar-refractivity contribution in [2.24, 2.45) is 0 Å². The van der Waals surface area contributed by atoms with Gasteiger partial charge in [-0.25, -0.2) is 0 Å². The third-order valence-electron chi connectivity index (χ3n) is 3.74. The minimum Gasteiger partial charge on any atom is -0.300 e. The van der Waals surface area contributed by atoms with E-state index in [0.29, 0.717) is 5.92 Å². The highest BCUT2D eigenvalue weighted by atomic mass is 32.1. The lowest BCUT2D eigenvalue weighted by atomic mass is 9.88. The summed E-state index contributed by atoms with van der Waals surface area (Å²) in [5.41, 5.74) is 3.97. The summed E-state index contributed by atoms with van der Waals surface area (Å²) in [5, 5.41) is 0. The van der Waals surface area contributed by atoms with Crippen molar-refractivity contribution in [2.75, 3.05) is 13.6 Å². The molecule has 3 rings (SSSR count). The Morgan fingerprint density at radius 3 is 2.74 bits per heavy atom. The number of likely N-dealkylation sites (N-methyl/N-ethyl adjacent to an activating group) is 1. The average Bonchev–Trinajstić information content (AvgIpc) is 2.81. The maximum Gasteiger partial charge on any atom is 0.160 e. The van der Waals surface area contributed by atoms with Gasteiger partial charge < -0.3 is 4.90 Å². The van der Waals surface area contributed by atoms with Crippen LogP contribution in [0.15, 0.2) is 30.3 Å². The van der Waals surface area contributed by atoms with Crippen molar-refractivity contribution in [3.05, 3.63) is 56.8 Å². The maximum atomic E-state index is 11.0. The molecule has 0 saturated carbocycles. The Bertz CT molecular complexity index is 600. The van der Waals surface area contributed by atoms with Crippen LogP contribution in [-0.4, -0.2) is 24.8 Å². The number of carbonyl (C=O) groups is 1. The molecule has 2 heterocycles. The van der Waals surface area contributed by atoms with Crippen LogP contribution in [0.3, 0.4) is 0 Å². The van der Waals surface area contributed by atoms with Gasteiger partial charge >= 0.3 is 0 Å². The Morgan fingerprint density at radius 2 is 2.05 bits per heavy atom. The number of aldehydes is 1. The highest BCUT2D eigenvalue weighted by Crippen LogP contribution is 2.37. The summed E-state index contributed by atoms with van der Waals surface area (Å²) < 4.78 is 0. The van der Waals surface area contributed by atoms with Crippen LogP contribution in [0.2, 0.25) is 0 Å². The highest BCUT2D eigenvalue weighted by Gasteiger charge is 2.26. The second kappa shape index (κ2) is 4.91. The number of aryl methyl sites for hydroxylation is 1. The van der Waals surface area contributed by atoms with Crippen molar-refractivity contribution in [3.63, 3.8) is 0 Å². The van der Waals surface area contributed by atoms with Crippen molar-refractivity contribution >= 4 is 17.6 Å². The Morgan fingerprint density at radius 1 is 1.32 bits per heavy atom. The second-order valence-electron chi connectivity index (χ2n) is 5.31. The first-order valence-electron chi connectivity index (χ1n) is 6.50. The van der Waals surface area contributed by atoms with E-state index in [1.54, 1.807) is 11.3 Å². The number of nitrogens with zero attached hydrogens (tertiary/aromatic N) is 1. The molecule has 0 N–H and O–H groups in total. The zero-order chi connectivity index (χ0) is 13.4. The van der Waals surface area contributed by atoms with E-state index in [1.807, 2.05) is 0 Å². The van der Waals surface area contributed by atoms with Crippen LogP contribution >= 0.6 is 11.3 Å². The van der Waals surface area contributed by atoms with Crippen molar-refractivity contribution in [2.45, 2.75) is 19.4 Å². The molecule has 1 atom stereocenters. The van der Waals surface area contributed by atoms with E-state index in [0.717, 1.165) is 24.3 Å². The van der Waals surface area contributed by atoms with Crippen LogP contribution in [0.25, 0.3) is 0 Å². The van der Waals surface area contributed by atoms with Gasteiger partial charge in [-0.05, 0) is 31.2 Å². The monoisotopic (exact) mass is 271 g/mol. The number of benzene rings is 1. The first-order chi connectivity index (χ1) is 9.17. The molecular weight excluding hydrogens is 254 g/mol. The molecule has 1 unspecified atom stereocenters. The summed E-state index contributed by atoms with van der Waals surface area (Å²) in [6, 6.07) is 10.8. The summed E-state index contributed by atoms with van der Waals surface area (Å²) in [6.07, 6.45) is 0.967. The van der Waals surface area contributed by atoms with E-state index in [2.05, 4.69) is 49.2 Å². The number of rotatable bonds is 2. The van der Waals surface area contributed by atoms with Crippen LogP contribution < -0.4 is 0 Å². The van der Waals surface area contributed by atoms with Crippen LogP contribution in [0.5, 0.6) is 0 Å². The standard InChI is InChI=1S/C16H17NOS/c1-11-3-5-12(6-4-11)15-8-17(2)9-16-14(15)7-13(10-18)19-16/h3-7,10,15H,8-9H2,1-2H3. The number of hydrogen-bond acceptors (Lipinski definition) is 3. The molecular formula is C16H17NOS. The molecule has 1 aromatic carbocycles. The first kappa shape index (κ1) is 12.6. The summed E-state index contributed by atoms with van der Waals surface area (Å²) >= 11 is 1.63. The maximum absolute atomic E-state index is 11.0. The van der Waals surface area contributed by atoms with Gasteiger partial charge in [0.05, 0.1) is 4.88 Å². The quantitative estimate of drug-likeness (QED) is 0.780. The van der Waals surface area contributed by atoms with Gasteiger partial charge in [0, 0.05) is 23.9 Å². The van der Waals surface area contributed by atoms with Crippen LogP contribution in [0, 0.1) is 6.92 Å². The molecule has 1 aliphatic rings. The molecule has 0 fully saturated rings. The zero-order valence-corrected chi connectivity index (χ0v) is 12.0. The molecule has 2 nitrogen and oxygen atoms in total. The van der Waals surface area contributed by atoms with Gasteiger partial charge in [0.2, 0.25) is 0 Å². The van der Waals surface area contributed by atoms with Crippen molar-refractivity contribution in [1.29, 1.82) is 0 Å². The van der Waals surface area contributed by atoms with E-state index in [9.17, 15) is 4.79 Å². The van der Waals surface area contributed by atoms with E-state index < -0.39 is 0 Å². The third-order valence-corrected chi connectivity index (χ3v) is 4.80. The zero-order valence-electron chi connectivity index (χ0n) is 11.2. The third kappa shape index (κ3) is 2.36. The molecule has 0 bridgehead atoms. The van der Waals surface area contributed by atoms with E-state index in [1.165, 1.54) is 21.6 Å². The number of carbonyl (C=O) groups excluding carboxylic acids is 1. The summed E-state index contributed by atoms with van der Waals surface area (Å²) in [5.74, 6) is 0.388. The van der Waals surface area contributed by atoms with Gasteiger partial charge in [0.1, 0.15) is 0 Å². The van der Waals surface area contributed by atoms with Gasteiger partial charge in [0.25, 0.3) is 0 Å². The van der Waals surface area contributed by atoms with E-state index in [-0.39, 0.29) is 0 Å². The lowest BCUT2D eigenvalue weighted by Gasteiger charge is -2.30. The predicted molar refractivity (Wildman–Crippen MR) is 79.1 cm³/mol. The van der Waals surface area contributed by atoms with E-state index >= 15 is 0 Å². The number of fused-ring (bicyclic) bond motifs is 1. The smallest absolute Gasteiger partial charge is 0.160 e. The second-order valence-corrected chi connectivity index (χ2v) is 6.47. The summed E-state index contributed by atoms with van der Waals surface area (Å²) in [6.45, 7) is 4.08. The SMILES string of the molecule is Cc1ccc(C2CN(C)Cc3sc(C=O)cc32)cc1. The largest absolute Gasteiger partial charge is 0.300 e. The van der Waals surface area contributed by atoms with E-state index in [4.69, 9.17) is 0 Å². The molecule has 1 aliphatic heterocycles. The molecule has 1 aromatic heterocycles.